The van der Waals surface area contributed by atoms with Gasteiger partial charge in [0.1, 0.15) is 31.2 Å². The molecule has 2 aliphatic heterocycles. The van der Waals surface area contributed by atoms with Gasteiger partial charge in [-0.2, -0.15) is 0 Å². The molecular formula is C24H21BrO4. The van der Waals surface area contributed by atoms with E-state index in [2.05, 4.69) is 15.9 Å². The standard InChI is InChI=1S/C24H21BrO4/c25-20-14-18(12-17-6-7-21-22(13-17)27-11-10-26-21)23-19(8-9-28-23)24(20)29-15-16-4-2-1-3-5-16/h1-7,13-14H,8-12,15H2/i10D2,11D2. The molecule has 0 aliphatic carbocycles. The van der Waals surface area contributed by atoms with Crippen LogP contribution < -0.4 is 18.9 Å². The first-order chi connectivity index (χ1) is 15.7. The van der Waals surface area contributed by atoms with Gasteiger partial charge in [-0.15, -0.1) is 0 Å². The van der Waals surface area contributed by atoms with Crippen LogP contribution in [0.2, 0.25) is 0 Å². The summed E-state index contributed by atoms with van der Waals surface area (Å²) in [5.41, 5.74) is 3.94. The Morgan fingerprint density at radius 3 is 2.62 bits per heavy atom. The summed E-state index contributed by atoms with van der Waals surface area (Å²) in [6.07, 6.45) is 1.27. The molecule has 29 heavy (non-hydrogen) atoms. The molecule has 0 saturated heterocycles. The molecule has 0 aromatic heterocycles. The fraction of sp³-hybridized carbons (Fsp3) is 0.250. The summed E-state index contributed by atoms with van der Waals surface area (Å²) < 4.78 is 54.5. The molecule has 2 heterocycles. The van der Waals surface area contributed by atoms with Crippen LogP contribution in [0.4, 0.5) is 0 Å². The van der Waals surface area contributed by atoms with Crippen molar-refractivity contribution < 1.29 is 24.4 Å². The quantitative estimate of drug-likeness (QED) is 0.520. The lowest BCUT2D eigenvalue weighted by Crippen LogP contribution is -2.15. The molecule has 148 valence electrons. The second kappa shape index (κ2) is 7.99. The van der Waals surface area contributed by atoms with Crippen LogP contribution in [-0.2, 0) is 19.4 Å². The van der Waals surface area contributed by atoms with Gasteiger partial charge in [0.2, 0.25) is 0 Å². The van der Waals surface area contributed by atoms with Crippen molar-refractivity contribution in [3.8, 4) is 23.0 Å². The summed E-state index contributed by atoms with van der Waals surface area (Å²) in [5, 5.41) is 0. The SMILES string of the molecule is [2H]C1([2H])Oc2ccc(Cc3cc(Br)c(OCc4ccccc4)c4c3OCC4)cc2OC1([2H])[2H]. The lowest BCUT2D eigenvalue weighted by atomic mass is 10.00. The number of fused-ring (bicyclic) bond motifs is 2. The summed E-state index contributed by atoms with van der Waals surface area (Å²) >= 11 is 3.66. The van der Waals surface area contributed by atoms with E-state index in [-0.39, 0.29) is 11.5 Å². The maximum atomic E-state index is 7.81. The summed E-state index contributed by atoms with van der Waals surface area (Å²) in [7, 11) is 0. The van der Waals surface area contributed by atoms with Crippen molar-refractivity contribution >= 4 is 15.9 Å². The highest BCUT2D eigenvalue weighted by atomic mass is 79.9. The summed E-state index contributed by atoms with van der Waals surface area (Å²) in [4.78, 5) is 0. The predicted octanol–water partition coefficient (Wildman–Crippen LogP) is 5.33. The van der Waals surface area contributed by atoms with E-state index in [0.717, 1.165) is 44.6 Å². The van der Waals surface area contributed by atoms with E-state index < -0.39 is 13.1 Å². The average Bonchev–Trinajstić information content (AvgIpc) is 3.25. The molecule has 0 radical (unpaired) electrons. The van der Waals surface area contributed by atoms with E-state index in [1.807, 2.05) is 42.5 Å². The smallest absolute Gasteiger partial charge is 0.161 e. The third kappa shape index (κ3) is 3.79. The zero-order valence-corrected chi connectivity index (χ0v) is 17.1. The van der Waals surface area contributed by atoms with Gasteiger partial charge < -0.3 is 18.9 Å². The fourth-order valence-corrected chi connectivity index (χ4v) is 4.23. The van der Waals surface area contributed by atoms with E-state index in [9.17, 15) is 0 Å². The molecule has 0 amide bonds. The normalized spacial score (nSPS) is 19.8. The van der Waals surface area contributed by atoms with Gasteiger partial charge in [-0.1, -0.05) is 36.4 Å². The monoisotopic (exact) mass is 456 g/mol. The van der Waals surface area contributed by atoms with Crippen molar-refractivity contribution in [2.24, 2.45) is 0 Å². The number of benzene rings is 3. The molecule has 0 bridgehead atoms. The van der Waals surface area contributed by atoms with Crippen molar-refractivity contribution in [3.05, 3.63) is 81.3 Å². The van der Waals surface area contributed by atoms with Crippen molar-refractivity contribution in [2.75, 3.05) is 19.7 Å². The van der Waals surface area contributed by atoms with E-state index in [0.29, 0.717) is 19.6 Å². The zero-order chi connectivity index (χ0) is 23.2. The van der Waals surface area contributed by atoms with Gasteiger partial charge in [-0.05, 0) is 45.3 Å². The molecule has 0 atom stereocenters. The van der Waals surface area contributed by atoms with Gasteiger partial charge in [-0.3, -0.25) is 0 Å². The molecule has 4 nitrogen and oxygen atoms in total. The lowest BCUT2D eigenvalue weighted by molar-refractivity contribution is 0.171. The minimum atomic E-state index is -2.59. The van der Waals surface area contributed by atoms with E-state index >= 15 is 0 Å². The van der Waals surface area contributed by atoms with Crippen LogP contribution in [0.3, 0.4) is 0 Å². The Hall–Kier alpha value is -2.66. The minimum Gasteiger partial charge on any atom is -0.493 e. The Balaban J connectivity index is 1.41. The zero-order valence-electron chi connectivity index (χ0n) is 19.5. The molecule has 5 rings (SSSR count). The van der Waals surface area contributed by atoms with Crippen LogP contribution in [0, 0.1) is 0 Å². The molecular weight excluding hydrogens is 432 g/mol. The maximum Gasteiger partial charge on any atom is 0.161 e. The van der Waals surface area contributed by atoms with Gasteiger partial charge in [0.25, 0.3) is 0 Å². The molecule has 0 unspecified atom stereocenters. The maximum absolute atomic E-state index is 7.81. The van der Waals surface area contributed by atoms with E-state index in [4.69, 9.17) is 24.4 Å². The third-order valence-electron chi connectivity index (χ3n) is 4.95. The second-order valence-corrected chi connectivity index (χ2v) is 7.75. The Morgan fingerprint density at radius 1 is 0.931 bits per heavy atom. The van der Waals surface area contributed by atoms with Crippen LogP contribution in [0.15, 0.2) is 59.1 Å². The Morgan fingerprint density at radius 2 is 1.76 bits per heavy atom. The van der Waals surface area contributed by atoms with Crippen molar-refractivity contribution in [2.45, 2.75) is 19.4 Å². The minimum absolute atomic E-state index is 0.172. The summed E-state index contributed by atoms with van der Waals surface area (Å²) in [6, 6.07) is 17.1. The van der Waals surface area contributed by atoms with Crippen molar-refractivity contribution in [3.63, 3.8) is 0 Å². The molecule has 3 aromatic rings. The van der Waals surface area contributed by atoms with Gasteiger partial charge in [0.05, 0.1) is 16.6 Å². The fourth-order valence-electron chi connectivity index (χ4n) is 3.60. The highest BCUT2D eigenvalue weighted by molar-refractivity contribution is 9.10. The molecule has 0 fully saturated rings. The first-order valence-corrected chi connectivity index (χ1v) is 10.2. The van der Waals surface area contributed by atoms with Crippen molar-refractivity contribution in [1.29, 1.82) is 0 Å². The van der Waals surface area contributed by atoms with Crippen LogP contribution in [0.5, 0.6) is 23.0 Å². The number of hydrogen-bond acceptors (Lipinski definition) is 4. The van der Waals surface area contributed by atoms with Crippen LogP contribution in [0.1, 0.15) is 27.7 Å². The van der Waals surface area contributed by atoms with Gasteiger partial charge >= 0.3 is 0 Å². The topological polar surface area (TPSA) is 36.9 Å². The van der Waals surface area contributed by atoms with Gasteiger partial charge in [0.15, 0.2) is 11.5 Å². The van der Waals surface area contributed by atoms with Gasteiger partial charge in [-0.25, -0.2) is 0 Å². The van der Waals surface area contributed by atoms with Crippen LogP contribution in [-0.4, -0.2) is 19.7 Å². The van der Waals surface area contributed by atoms with E-state index in [1.54, 1.807) is 12.1 Å². The predicted molar refractivity (Wildman–Crippen MR) is 114 cm³/mol. The van der Waals surface area contributed by atoms with Crippen LogP contribution >= 0.6 is 15.9 Å². The third-order valence-corrected chi connectivity index (χ3v) is 5.54. The molecule has 3 aromatic carbocycles. The highest BCUT2D eigenvalue weighted by Crippen LogP contribution is 2.43. The highest BCUT2D eigenvalue weighted by Gasteiger charge is 2.24. The van der Waals surface area contributed by atoms with Crippen LogP contribution in [0.25, 0.3) is 0 Å². The Bertz CT molecular complexity index is 1200. The number of rotatable bonds is 5. The average molecular weight is 457 g/mol. The largest absolute Gasteiger partial charge is 0.493 e. The summed E-state index contributed by atoms with van der Waals surface area (Å²) in [5.74, 6) is 1.94. The van der Waals surface area contributed by atoms with E-state index in [1.165, 1.54) is 0 Å². The van der Waals surface area contributed by atoms with Gasteiger partial charge in [0, 0.05) is 24.0 Å². The molecule has 0 saturated carbocycles. The molecule has 5 heteroatoms. The number of halogens is 1. The molecule has 0 N–H and O–H groups in total. The first kappa shape index (κ1) is 14.3. The Labute approximate surface area is 184 Å². The first-order valence-electron chi connectivity index (χ1n) is 11.4. The number of hydrogen-bond donors (Lipinski definition) is 0. The Kier molecular flexibility index (Phi) is 3.95. The second-order valence-electron chi connectivity index (χ2n) is 6.89. The number of ether oxygens (including phenoxy) is 4. The lowest BCUT2D eigenvalue weighted by Gasteiger charge is -2.19. The van der Waals surface area contributed by atoms with Crippen molar-refractivity contribution in [1.82, 2.24) is 0 Å². The molecule has 2 aliphatic rings. The molecule has 0 spiro atoms. The summed E-state index contributed by atoms with van der Waals surface area (Å²) in [6.45, 7) is -4.12.